The molecule has 146 valence electrons. The van der Waals surface area contributed by atoms with Crippen LogP contribution in [-0.2, 0) is 6.54 Å². The Balaban J connectivity index is 1.63. The predicted molar refractivity (Wildman–Crippen MR) is 106 cm³/mol. The molecule has 0 radical (unpaired) electrons. The van der Waals surface area contributed by atoms with Gasteiger partial charge in [-0.2, -0.15) is 5.10 Å². The van der Waals surface area contributed by atoms with Gasteiger partial charge in [-0.25, -0.2) is 9.67 Å². The van der Waals surface area contributed by atoms with Crippen molar-refractivity contribution in [3.63, 3.8) is 0 Å². The fraction of sp³-hybridized carbons (Fsp3) is 0.286. The van der Waals surface area contributed by atoms with Gasteiger partial charge in [-0.15, -0.1) is 0 Å². The Morgan fingerprint density at radius 2 is 2.07 bits per heavy atom. The van der Waals surface area contributed by atoms with Gasteiger partial charge in [0.2, 0.25) is 0 Å². The lowest BCUT2D eigenvalue weighted by atomic mass is 10.1. The molecule has 0 bridgehead atoms. The maximum absolute atomic E-state index is 12.5. The number of aromatic nitrogens is 3. The number of rotatable bonds is 9. The van der Waals surface area contributed by atoms with E-state index in [-0.39, 0.29) is 5.91 Å². The van der Waals surface area contributed by atoms with Crippen LogP contribution >= 0.6 is 0 Å². The highest BCUT2D eigenvalue weighted by Crippen LogP contribution is 2.28. The summed E-state index contributed by atoms with van der Waals surface area (Å²) < 4.78 is 12.8. The lowest BCUT2D eigenvalue weighted by molar-refractivity contribution is 0.0951. The Labute approximate surface area is 164 Å². The number of nitrogens with one attached hydrogen (secondary N) is 1. The van der Waals surface area contributed by atoms with Crippen LogP contribution in [0.25, 0.3) is 5.69 Å². The van der Waals surface area contributed by atoms with Gasteiger partial charge >= 0.3 is 0 Å². The molecule has 7 nitrogen and oxygen atoms in total. The standard InChI is InChI=1S/C21H24N4O3/c1-3-4-10-28-19-9-8-16(11-20(19)27-2)13-23-21(26)17-6-5-7-18(12-17)25-15-22-14-24-25/h5-9,11-12,14-15H,3-4,10,13H2,1-2H3,(H,23,26). The van der Waals surface area contributed by atoms with E-state index in [0.29, 0.717) is 30.2 Å². The molecule has 0 saturated heterocycles. The number of unbranched alkanes of at least 4 members (excludes halogenated alkanes) is 1. The second kappa shape index (κ2) is 9.55. The molecule has 1 N–H and O–H groups in total. The van der Waals surface area contributed by atoms with Crippen LogP contribution in [0.5, 0.6) is 11.5 Å². The number of hydrogen-bond donors (Lipinski definition) is 1. The maximum Gasteiger partial charge on any atom is 0.251 e. The van der Waals surface area contributed by atoms with Crippen molar-refractivity contribution in [1.82, 2.24) is 20.1 Å². The second-order valence-corrected chi connectivity index (χ2v) is 6.26. The number of methoxy groups -OCH3 is 1. The van der Waals surface area contributed by atoms with E-state index in [0.717, 1.165) is 24.1 Å². The first kappa shape index (κ1) is 19.4. The fourth-order valence-corrected chi connectivity index (χ4v) is 2.68. The van der Waals surface area contributed by atoms with Crippen LogP contribution in [0, 0.1) is 0 Å². The van der Waals surface area contributed by atoms with Crippen LogP contribution in [-0.4, -0.2) is 34.4 Å². The van der Waals surface area contributed by atoms with Crippen LogP contribution in [0.1, 0.15) is 35.7 Å². The molecule has 0 fully saturated rings. The molecule has 0 unspecified atom stereocenters. The Hall–Kier alpha value is -3.35. The van der Waals surface area contributed by atoms with Crippen molar-refractivity contribution in [3.8, 4) is 17.2 Å². The number of carbonyl (C=O) groups excluding carboxylic acids is 1. The van der Waals surface area contributed by atoms with Crippen molar-refractivity contribution in [3.05, 3.63) is 66.2 Å². The van der Waals surface area contributed by atoms with Gasteiger partial charge in [0.25, 0.3) is 5.91 Å². The number of amides is 1. The molecule has 2 aromatic carbocycles. The van der Waals surface area contributed by atoms with Gasteiger partial charge in [-0.05, 0) is 42.3 Å². The van der Waals surface area contributed by atoms with Crippen molar-refractivity contribution < 1.29 is 14.3 Å². The predicted octanol–water partition coefficient (Wildman–Crippen LogP) is 3.38. The number of carbonyl (C=O) groups is 1. The van der Waals surface area contributed by atoms with E-state index >= 15 is 0 Å². The lowest BCUT2D eigenvalue weighted by Gasteiger charge is -2.12. The Kier molecular flexibility index (Phi) is 6.62. The fourth-order valence-electron chi connectivity index (χ4n) is 2.68. The van der Waals surface area contributed by atoms with E-state index < -0.39 is 0 Å². The van der Waals surface area contributed by atoms with Gasteiger partial charge in [0.05, 0.1) is 19.4 Å². The molecular formula is C21H24N4O3. The molecule has 7 heteroatoms. The Morgan fingerprint density at radius 3 is 2.82 bits per heavy atom. The molecule has 0 aliphatic rings. The highest BCUT2D eigenvalue weighted by Gasteiger charge is 2.10. The van der Waals surface area contributed by atoms with Gasteiger partial charge in [-0.1, -0.05) is 25.5 Å². The van der Waals surface area contributed by atoms with Crippen molar-refractivity contribution in [2.24, 2.45) is 0 Å². The molecule has 1 amide bonds. The van der Waals surface area contributed by atoms with Crippen LogP contribution in [0.3, 0.4) is 0 Å². The van der Waals surface area contributed by atoms with Crippen molar-refractivity contribution in [2.45, 2.75) is 26.3 Å². The summed E-state index contributed by atoms with van der Waals surface area (Å²) in [6.07, 6.45) is 5.11. The van der Waals surface area contributed by atoms with Crippen molar-refractivity contribution >= 4 is 5.91 Å². The molecule has 0 aliphatic heterocycles. The van der Waals surface area contributed by atoms with Gasteiger partial charge in [0.1, 0.15) is 12.7 Å². The monoisotopic (exact) mass is 380 g/mol. The third-order valence-corrected chi connectivity index (χ3v) is 4.23. The maximum atomic E-state index is 12.5. The summed E-state index contributed by atoms with van der Waals surface area (Å²) >= 11 is 0. The molecule has 0 atom stereocenters. The van der Waals surface area contributed by atoms with Crippen LogP contribution in [0.2, 0.25) is 0 Å². The summed E-state index contributed by atoms with van der Waals surface area (Å²) in [5, 5.41) is 7.01. The minimum atomic E-state index is -0.163. The van der Waals surface area contributed by atoms with Gasteiger partial charge in [-0.3, -0.25) is 4.79 Å². The zero-order chi connectivity index (χ0) is 19.8. The quantitative estimate of drug-likeness (QED) is 0.576. The third-order valence-electron chi connectivity index (χ3n) is 4.23. The number of ether oxygens (including phenoxy) is 2. The molecule has 1 heterocycles. The molecule has 3 aromatic rings. The first-order chi connectivity index (χ1) is 13.7. The smallest absolute Gasteiger partial charge is 0.251 e. The van der Waals surface area contributed by atoms with Crippen LogP contribution < -0.4 is 14.8 Å². The molecule has 0 aliphatic carbocycles. The minimum Gasteiger partial charge on any atom is -0.493 e. The van der Waals surface area contributed by atoms with E-state index in [1.54, 1.807) is 30.3 Å². The van der Waals surface area contributed by atoms with Gasteiger partial charge in [0, 0.05) is 12.1 Å². The van der Waals surface area contributed by atoms with E-state index in [2.05, 4.69) is 22.3 Å². The van der Waals surface area contributed by atoms with E-state index in [9.17, 15) is 4.79 Å². The van der Waals surface area contributed by atoms with Crippen molar-refractivity contribution in [1.29, 1.82) is 0 Å². The zero-order valence-corrected chi connectivity index (χ0v) is 16.1. The van der Waals surface area contributed by atoms with Gasteiger partial charge < -0.3 is 14.8 Å². The highest BCUT2D eigenvalue weighted by atomic mass is 16.5. The molecule has 3 rings (SSSR count). The van der Waals surface area contributed by atoms with Crippen molar-refractivity contribution in [2.75, 3.05) is 13.7 Å². The topological polar surface area (TPSA) is 78.3 Å². The number of benzene rings is 2. The van der Waals surface area contributed by atoms with Crippen LogP contribution in [0.15, 0.2) is 55.1 Å². The Morgan fingerprint density at radius 1 is 1.18 bits per heavy atom. The lowest BCUT2D eigenvalue weighted by Crippen LogP contribution is -2.23. The summed E-state index contributed by atoms with van der Waals surface area (Å²) in [7, 11) is 1.61. The van der Waals surface area contributed by atoms with Crippen LogP contribution in [0.4, 0.5) is 0 Å². The minimum absolute atomic E-state index is 0.163. The average molecular weight is 380 g/mol. The normalized spacial score (nSPS) is 10.5. The molecule has 1 aromatic heterocycles. The summed E-state index contributed by atoms with van der Waals surface area (Å²) in [6.45, 7) is 3.16. The number of nitrogens with zero attached hydrogens (tertiary/aromatic N) is 3. The third kappa shape index (κ3) is 4.88. The average Bonchev–Trinajstić information content (AvgIpc) is 3.28. The second-order valence-electron chi connectivity index (χ2n) is 6.26. The SMILES string of the molecule is CCCCOc1ccc(CNC(=O)c2cccc(-n3cncn3)c2)cc1OC. The number of hydrogen-bond acceptors (Lipinski definition) is 5. The van der Waals surface area contributed by atoms with E-state index in [4.69, 9.17) is 9.47 Å². The largest absolute Gasteiger partial charge is 0.493 e. The first-order valence-corrected chi connectivity index (χ1v) is 9.24. The molecule has 0 spiro atoms. The van der Waals surface area contributed by atoms with E-state index in [1.807, 2.05) is 30.3 Å². The molecule has 28 heavy (non-hydrogen) atoms. The highest BCUT2D eigenvalue weighted by molar-refractivity contribution is 5.94. The summed E-state index contributed by atoms with van der Waals surface area (Å²) in [5.41, 5.74) is 2.26. The summed E-state index contributed by atoms with van der Waals surface area (Å²) in [5.74, 6) is 1.21. The zero-order valence-electron chi connectivity index (χ0n) is 16.1. The van der Waals surface area contributed by atoms with E-state index in [1.165, 1.54) is 6.33 Å². The summed E-state index contributed by atoms with van der Waals surface area (Å²) in [4.78, 5) is 16.4. The molecular weight excluding hydrogens is 356 g/mol. The Bertz CT molecular complexity index is 910. The molecule has 0 saturated carbocycles. The van der Waals surface area contributed by atoms with Gasteiger partial charge in [0.15, 0.2) is 11.5 Å². The summed E-state index contributed by atoms with van der Waals surface area (Å²) in [6, 6.07) is 12.9. The first-order valence-electron chi connectivity index (χ1n) is 9.24.